The van der Waals surface area contributed by atoms with E-state index in [0.29, 0.717) is 23.8 Å². The molecular formula is C14H17N3O3. The summed E-state index contributed by atoms with van der Waals surface area (Å²) in [5.41, 5.74) is 2.16. The molecule has 0 bridgehead atoms. The second kappa shape index (κ2) is 6.10. The first-order chi connectivity index (χ1) is 9.63. The first-order valence-corrected chi connectivity index (χ1v) is 6.11. The minimum atomic E-state index is 0.382. The smallest absolute Gasteiger partial charge is 0.132 e. The molecule has 20 heavy (non-hydrogen) atoms. The predicted molar refractivity (Wildman–Crippen MR) is 74.5 cm³/mol. The summed E-state index contributed by atoms with van der Waals surface area (Å²) in [7, 11) is 3.44. The van der Waals surface area contributed by atoms with Crippen LogP contribution in [0, 0.1) is 0 Å². The van der Waals surface area contributed by atoms with Crippen LogP contribution in [-0.2, 0) is 13.7 Å². The topological polar surface area (TPSA) is 68.9 Å². The Hall–Kier alpha value is -2.50. The number of ether oxygens (including phenoxy) is 2. The van der Waals surface area contributed by atoms with Gasteiger partial charge >= 0.3 is 0 Å². The third-order valence-corrected chi connectivity index (χ3v) is 2.88. The summed E-state index contributed by atoms with van der Waals surface area (Å²) in [5, 5.41) is 16.2. The highest BCUT2D eigenvalue weighted by atomic mass is 16.5. The van der Waals surface area contributed by atoms with E-state index in [2.05, 4.69) is 10.3 Å². The number of aryl methyl sites for hydroxylation is 1. The Morgan fingerprint density at radius 3 is 2.85 bits per heavy atom. The van der Waals surface area contributed by atoms with Crippen molar-refractivity contribution in [3.63, 3.8) is 0 Å². The molecule has 6 heteroatoms. The van der Waals surface area contributed by atoms with Gasteiger partial charge in [0.15, 0.2) is 0 Å². The number of aromatic nitrogens is 2. The fraction of sp³-hybridized carbons (Fsp3) is 0.286. The minimum Gasteiger partial charge on any atom is -0.497 e. The van der Waals surface area contributed by atoms with Crippen molar-refractivity contribution in [2.45, 2.75) is 13.5 Å². The zero-order valence-corrected chi connectivity index (χ0v) is 11.7. The summed E-state index contributed by atoms with van der Waals surface area (Å²) in [6, 6.07) is 5.35. The molecule has 1 aromatic carbocycles. The van der Waals surface area contributed by atoms with Crippen molar-refractivity contribution in [1.29, 1.82) is 0 Å². The van der Waals surface area contributed by atoms with Gasteiger partial charge in [0.05, 0.1) is 19.0 Å². The van der Waals surface area contributed by atoms with Crippen molar-refractivity contribution in [2.75, 3.05) is 7.11 Å². The Bertz CT molecular complexity index is 620. The average molecular weight is 275 g/mol. The van der Waals surface area contributed by atoms with Crippen LogP contribution in [0.3, 0.4) is 0 Å². The molecule has 0 amide bonds. The van der Waals surface area contributed by atoms with Crippen LogP contribution in [0.4, 0.5) is 0 Å². The summed E-state index contributed by atoms with van der Waals surface area (Å²) >= 11 is 0. The number of methoxy groups -OCH3 is 1. The molecule has 0 aliphatic rings. The molecule has 1 heterocycles. The van der Waals surface area contributed by atoms with E-state index < -0.39 is 0 Å². The molecule has 1 N–H and O–H groups in total. The molecule has 0 fully saturated rings. The highest BCUT2D eigenvalue weighted by Crippen LogP contribution is 2.26. The van der Waals surface area contributed by atoms with Gasteiger partial charge in [0.25, 0.3) is 0 Å². The lowest BCUT2D eigenvalue weighted by Crippen LogP contribution is -2.02. The minimum absolute atomic E-state index is 0.382. The summed E-state index contributed by atoms with van der Waals surface area (Å²) in [5.74, 6) is 1.28. The fourth-order valence-corrected chi connectivity index (χ4v) is 1.81. The van der Waals surface area contributed by atoms with Gasteiger partial charge < -0.3 is 14.7 Å². The molecule has 0 spiro atoms. The standard InChI is InChI=1S/C14H17N3O3/c1-10(16-18)13-5-4-12(19-3)6-14(13)20-9-11-7-15-17(2)8-11/h4-8,18H,9H2,1-3H3/b16-10+. The number of nitrogens with zero attached hydrogens (tertiary/aromatic N) is 3. The van der Waals surface area contributed by atoms with E-state index in [9.17, 15) is 0 Å². The maximum atomic E-state index is 8.92. The molecule has 2 aromatic rings. The number of hydrogen-bond acceptors (Lipinski definition) is 5. The maximum absolute atomic E-state index is 8.92. The number of benzene rings is 1. The van der Waals surface area contributed by atoms with E-state index >= 15 is 0 Å². The highest BCUT2D eigenvalue weighted by molar-refractivity contribution is 6.00. The van der Waals surface area contributed by atoms with Gasteiger partial charge in [-0.05, 0) is 19.1 Å². The Kier molecular flexibility index (Phi) is 4.24. The van der Waals surface area contributed by atoms with Crippen LogP contribution in [0.2, 0.25) is 0 Å². The molecule has 6 nitrogen and oxygen atoms in total. The van der Waals surface area contributed by atoms with E-state index in [-0.39, 0.29) is 0 Å². The van der Waals surface area contributed by atoms with Crippen molar-refractivity contribution >= 4 is 5.71 Å². The second-order valence-electron chi connectivity index (χ2n) is 4.36. The Morgan fingerprint density at radius 2 is 2.25 bits per heavy atom. The number of hydrogen-bond donors (Lipinski definition) is 1. The summed E-state index contributed by atoms with van der Waals surface area (Å²) in [6.07, 6.45) is 3.62. The SMILES string of the molecule is COc1ccc(/C(C)=N/O)c(OCc2cnn(C)c2)c1. The lowest BCUT2D eigenvalue weighted by Gasteiger charge is -2.11. The summed E-state index contributed by atoms with van der Waals surface area (Å²) in [4.78, 5) is 0. The van der Waals surface area contributed by atoms with Crippen molar-refractivity contribution in [3.8, 4) is 11.5 Å². The molecule has 2 rings (SSSR count). The normalized spacial score (nSPS) is 11.4. The quantitative estimate of drug-likeness (QED) is 0.516. The van der Waals surface area contributed by atoms with Gasteiger partial charge in [-0.15, -0.1) is 0 Å². The first-order valence-electron chi connectivity index (χ1n) is 6.11. The fourth-order valence-electron chi connectivity index (χ4n) is 1.81. The van der Waals surface area contributed by atoms with Gasteiger partial charge in [0, 0.05) is 30.4 Å². The van der Waals surface area contributed by atoms with Crippen molar-refractivity contribution in [1.82, 2.24) is 9.78 Å². The average Bonchev–Trinajstić information content (AvgIpc) is 2.89. The Morgan fingerprint density at radius 1 is 1.45 bits per heavy atom. The molecule has 0 saturated heterocycles. The first kappa shape index (κ1) is 13.9. The lowest BCUT2D eigenvalue weighted by molar-refractivity contribution is 0.301. The third kappa shape index (κ3) is 3.09. The molecule has 0 unspecified atom stereocenters. The van der Waals surface area contributed by atoms with E-state index in [1.807, 2.05) is 13.2 Å². The summed E-state index contributed by atoms with van der Waals surface area (Å²) in [6.45, 7) is 2.09. The van der Waals surface area contributed by atoms with Crippen LogP contribution in [-0.4, -0.2) is 27.8 Å². The molecule has 0 saturated carbocycles. The monoisotopic (exact) mass is 275 g/mol. The zero-order valence-electron chi connectivity index (χ0n) is 11.7. The van der Waals surface area contributed by atoms with Crippen LogP contribution < -0.4 is 9.47 Å². The van der Waals surface area contributed by atoms with E-state index in [1.54, 1.807) is 43.1 Å². The van der Waals surface area contributed by atoms with Crippen LogP contribution in [0.1, 0.15) is 18.1 Å². The molecule has 0 radical (unpaired) electrons. The second-order valence-corrected chi connectivity index (χ2v) is 4.36. The molecule has 106 valence electrons. The third-order valence-electron chi connectivity index (χ3n) is 2.88. The molecule has 0 atom stereocenters. The van der Waals surface area contributed by atoms with Gasteiger partial charge in [-0.25, -0.2) is 0 Å². The van der Waals surface area contributed by atoms with Crippen LogP contribution in [0.25, 0.3) is 0 Å². The molecule has 1 aromatic heterocycles. The predicted octanol–water partition coefficient (Wildman–Crippen LogP) is 2.21. The lowest BCUT2D eigenvalue weighted by atomic mass is 10.1. The van der Waals surface area contributed by atoms with E-state index in [1.165, 1.54) is 0 Å². The van der Waals surface area contributed by atoms with Gasteiger partial charge in [0.1, 0.15) is 18.1 Å². The Labute approximate surface area is 117 Å². The van der Waals surface area contributed by atoms with Gasteiger partial charge in [0.2, 0.25) is 0 Å². The molecule has 0 aliphatic carbocycles. The van der Waals surface area contributed by atoms with Gasteiger partial charge in [-0.3, -0.25) is 4.68 Å². The number of oxime groups is 1. The Balaban J connectivity index is 2.23. The van der Waals surface area contributed by atoms with Crippen LogP contribution in [0.15, 0.2) is 35.7 Å². The zero-order chi connectivity index (χ0) is 14.5. The van der Waals surface area contributed by atoms with Crippen molar-refractivity contribution in [3.05, 3.63) is 41.7 Å². The number of rotatable bonds is 5. The maximum Gasteiger partial charge on any atom is 0.132 e. The summed E-state index contributed by atoms with van der Waals surface area (Å²) < 4.78 is 12.7. The van der Waals surface area contributed by atoms with Gasteiger partial charge in [-0.2, -0.15) is 5.10 Å². The molecule has 0 aliphatic heterocycles. The molecular weight excluding hydrogens is 258 g/mol. The highest BCUT2D eigenvalue weighted by Gasteiger charge is 2.10. The van der Waals surface area contributed by atoms with Crippen LogP contribution in [0.5, 0.6) is 11.5 Å². The van der Waals surface area contributed by atoms with Gasteiger partial charge in [-0.1, -0.05) is 5.16 Å². The van der Waals surface area contributed by atoms with E-state index in [4.69, 9.17) is 14.7 Å². The van der Waals surface area contributed by atoms with E-state index in [0.717, 1.165) is 11.1 Å². The van der Waals surface area contributed by atoms with Crippen molar-refractivity contribution < 1.29 is 14.7 Å². The van der Waals surface area contributed by atoms with Crippen molar-refractivity contribution in [2.24, 2.45) is 12.2 Å². The van der Waals surface area contributed by atoms with Crippen LogP contribution >= 0.6 is 0 Å². The largest absolute Gasteiger partial charge is 0.497 e.